The van der Waals surface area contributed by atoms with Crippen molar-refractivity contribution in [3.8, 4) is 0 Å². The van der Waals surface area contributed by atoms with Gasteiger partial charge in [-0.25, -0.2) is 0 Å². The lowest BCUT2D eigenvalue weighted by Crippen LogP contribution is -2.44. The van der Waals surface area contributed by atoms with Gasteiger partial charge in [0.15, 0.2) is 0 Å². The number of hydrogen-bond donors (Lipinski definition) is 1. The molecular formula is C15H23NOS. The first-order valence-electron chi connectivity index (χ1n) is 6.60. The van der Waals surface area contributed by atoms with Crippen LogP contribution in [0.4, 0.5) is 0 Å². The minimum atomic E-state index is -0.908. The van der Waals surface area contributed by atoms with E-state index in [2.05, 4.69) is 32.2 Å². The largest absolute Gasteiger partial charge is 0.315 e. The third kappa shape index (κ3) is 2.52. The molecule has 0 amide bonds. The minimum absolute atomic E-state index is 0.229. The van der Waals surface area contributed by atoms with Crippen LogP contribution in [-0.2, 0) is 10.8 Å². The van der Waals surface area contributed by atoms with Crippen LogP contribution in [0.1, 0.15) is 32.3 Å². The molecule has 18 heavy (non-hydrogen) atoms. The van der Waals surface area contributed by atoms with Gasteiger partial charge < -0.3 is 5.32 Å². The average Bonchev–Trinajstić information content (AvgIpc) is 2.63. The highest BCUT2D eigenvalue weighted by Gasteiger charge is 2.43. The van der Waals surface area contributed by atoms with E-state index >= 15 is 0 Å². The summed E-state index contributed by atoms with van der Waals surface area (Å²) in [7, 11) is 1.08. The van der Waals surface area contributed by atoms with E-state index in [1.165, 1.54) is 5.56 Å². The molecule has 1 aliphatic carbocycles. The Balaban J connectivity index is 2.25. The van der Waals surface area contributed by atoms with Crippen molar-refractivity contribution >= 4 is 10.8 Å². The van der Waals surface area contributed by atoms with E-state index in [1.807, 2.05) is 25.2 Å². The monoisotopic (exact) mass is 265 g/mol. The van der Waals surface area contributed by atoms with Crippen molar-refractivity contribution < 1.29 is 4.21 Å². The van der Waals surface area contributed by atoms with Gasteiger partial charge in [0.1, 0.15) is 0 Å². The Morgan fingerprint density at radius 2 is 2.11 bits per heavy atom. The number of nitrogens with one attached hydrogen (secondary N) is 1. The number of aryl methyl sites for hydroxylation is 1. The summed E-state index contributed by atoms with van der Waals surface area (Å²) in [6, 6.07) is 8.42. The van der Waals surface area contributed by atoms with E-state index in [0.29, 0.717) is 6.04 Å². The Bertz CT molecular complexity index is 456. The van der Waals surface area contributed by atoms with Gasteiger partial charge in [0.05, 0.1) is 16.0 Å². The van der Waals surface area contributed by atoms with Crippen molar-refractivity contribution in [3.05, 3.63) is 29.8 Å². The standard InChI is InChI=1S/C15H23NOS/c1-11-6-5-7-12(10-11)18(17)13-8-9-15(2,3)14(13)16-4/h5-7,10,13-14,16H,8-9H2,1-4H3. The summed E-state index contributed by atoms with van der Waals surface area (Å²) in [4.78, 5) is 0.970. The number of benzene rings is 1. The van der Waals surface area contributed by atoms with Crippen LogP contribution in [0.3, 0.4) is 0 Å². The minimum Gasteiger partial charge on any atom is -0.315 e. The van der Waals surface area contributed by atoms with E-state index in [1.54, 1.807) is 0 Å². The maximum Gasteiger partial charge on any atom is 0.0576 e. The van der Waals surface area contributed by atoms with Gasteiger partial charge in [0.25, 0.3) is 0 Å². The zero-order valence-electron chi connectivity index (χ0n) is 11.7. The molecule has 0 saturated heterocycles. The molecule has 0 radical (unpaired) electrons. The SMILES string of the molecule is CNC1C(S(=O)c2cccc(C)c2)CCC1(C)C. The second-order valence-corrected chi connectivity index (χ2v) is 7.62. The van der Waals surface area contributed by atoms with Gasteiger partial charge in [-0.2, -0.15) is 0 Å². The van der Waals surface area contributed by atoms with Crippen molar-refractivity contribution in [1.29, 1.82) is 0 Å². The highest BCUT2D eigenvalue weighted by atomic mass is 32.2. The normalized spacial score (nSPS) is 28.2. The van der Waals surface area contributed by atoms with E-state index in [9.17, 15) is 4.21 Å². The van der Waals surface area contributed by atoms with Crippen molar-refractivity contribution in [2.24, 2.45) is 5.41 Å². The first kappa shape index (κ1) is 13.8. The van der Waals surface area contributed by atoms with Crippen LogP contribution < -0.4 is 5.32 Å². The molecule has 1 saturated carbocycles. The molecule has 1 fully saturated rings. The summed E-state index contributed by atoms with van der Waals surface area (Å²) < 4.78 is 12.7. The van der Waals surface area contributed by atoms with Crippen LogP contribution in [0, 0.1) is 12.3 Å². The van der Waals surface area contributed by atoms with Crippen LogP contribution in [0.2, 0.25) is 0 Å². The highest BCUT2D eigenvalue weighted by Crippen LogP contribution is 2.40. The first-order chi connectivity index (χ1) is 8.45. The molecule has 100 valence electrons. The molecule has 1 aromatic carbocycles. The van der Waals surface area contributed by atoms with Crippen LogP contribution >= 0.6 is 0 Å². The topological polar surface area (TPSA) is 29.1 Å². The quantitative estimate of drug-likeness (QED) is 0.910. The number of rotatable bonds is 3. The smallest absolute Gasteiger partial charge is 0.0576 e. The molecule has 3 atom stereocenters. The van der Waals surface area contributed by atoms with Crippen LogP contribution in [0.25, 0.3) is 0 Å². The van der Waals surface area contributed by atoms with Crippen molar-refractivity contribution in [2.45, 2.75) is 49.8 Å². The third-order valence-corrected chi connectivity index (χ3v) is 5.87. The van der Waals surface area contributed by atoms with E-state index in [-0.39, 0.29) is 10.7 Å². The highest BCUT2D eigenvalue weighted by molar-refractivity contribution is 7.85. The Kier molecular flexibility index (Phi) is 3.93. The van der Waals surface area contributed by atoms with E-state index in [4.69, 9.17) is 0 Å². The van der Waals surface area contributed by atoms with Gasteiger partial charge in [-0.1, -0.05) is 26.0 Å². The van der Waals surface area contributed by atoms with Crippen LogP contribution in [-0.4, -0.2) is 22.5 Å². The van der Waals surface area contributed by atoms with Crippen LogP contribution in [0.15, 0.2) is 29.2 Å². The molecule has 0 bridgehead atoms. The molecule has 1 aliphatic rings. The Labute approximate surface area is 113 Å². The molecular weight excluding hydrogens is 242 g/mol. The maximum absolute atomic E-state index is 12.7. The summed E-state index contributed by atoms with van der Waals surface area (Å²) in [5, 5.41) is 3.61. The molecule has 3 unspecified atom stereocenters. The summed E-state index contributed by atoms with van der Waals surface area (Å²) in [6.07, 6.45) is 2.18. The van der Waals surface area contributed by atoms with E-state index in [0.717, 1.165) is 17.7 Å². The Morgan fingerprint density at radius 1 is 1.39 bits per heavy atom. The second-order valence-electron chi connectivity index (χ2n) is 5.95. The Morgan fingerprint density at radius 3 is 2.72 bits per heavy atom. The molecule has 1 aromatic rings. The maximum atomic E-state index is 12.7. The third-order valence-electron chi connectivity index (χ3n) is 4.09. The number of hydrogen-bond acceptors (Lipinski definition) is 2. The van der Waals surface area contributed by atoms with Crippen molar-refractivity contribution in [1.82, 2.24) is 5.32 Å². The first-order valence-corrected chi connectivity index (χ1v) is 7.81. The summed E-state index contributed by atoms with van der Waals surface area (Å²) in [5.41, 5.74) is 1.41. The summed E-state index contributed by atoms with van der Waals surface area (Å²) in [5.74, 6) is 0. The molecule has 0 aliphatic heterocycles. The van der Waals surface area contributed by atoms with Gasteiger partial charge in [0, 0.05) is 10.9 Å². The van der Waals surface area contributed by atoms with Crippen LogP contribution in [0.5, 0.6) is 0 Å². The van der Waals surface area contributed by atoms with Gasteiger partial charge >= 0.3 is 0 Å². The lowest BCUT2D eigenvalue weighted by molar-refractivity contribution is 0.299. The molecule has 1 N–H and O–H groups in total. The predicted molar refractivity (Wildman–Crippen MR) is 77.2 cm³/mol. The molecule has 0 aromatic heterocycles. The van der Waals surface area contributed by atoms with Gasteiger partial charge in [0.2, 0.25) is 0 Å². The molecule has 2 nitrogen and oxygen atoms in total. The van der Waals surface area contributed by atoms with Crippen molar-refractivity contribution in [3.63, 3.8) is 0 Å². The van der Waals surface area contributed by atoms with Gasteiger partial charge in [-0.15, -0.1) is 0 Å². The fraction of sp³-hybridized carbons (Fsp3) is 0.600. The zero-order chi connectivity index (χ0) is 13.3. The van der Waals surface area contributed by atoms with Gasteiger partial charge in [-0.3, -0.25) is 4.21 Å². The Hall–Kier alpha value is -0.670. The fourth-order valence-electron chi connectivity index (χ4n) is 3.06. The molecule has 3 heteroatoms. The molecule has 0 heterocycles. The molecule has 0 spiro atoms. The van der Waals surface area contributed by atoms with Gasteiger partial charge in [-0.05, 0) is 49.9 Å². The summed E-state index contributed by atoms with van der Waals surface area (Å²) >= 11 is 0. The fourth-order valence-corrected chi connectivity index (χ4v) is 5.01. The summed E-state index contributed by atoms with van der Waals surface area (Å²) in [6.45, 7) is 6.58. The van der Waals surface area contributed by atoms with E-state index < -0.39 is 10.8 Å². The zero-order valence-corrected chi connectivity index (χ0v) is 12.5. The molecule has 2 rings (SSSR count). The lowest BCUT2D eigenvalue weighted by atomic mass is 9.87. The predicted octanol–water partition coefficient (Wildman–Crippen LogP) is 2.88. The van der Waals surface area contributed by atoms with Crippen molar-refractivity contribution in [2.75, 3.05) is 7.05 Å². The average molecular weight is 265 g/mol. The lowest BCUT2D eigenvalue weighted by Gasteiger charge is -2.30. The second kappa shape index (κ2) is 5.14.